The lowest BCUT2D eigenvalue weighted by Crippen LogP contribution is -2.19. The van der Waals surface area contributed by atoms with Gasteiger partial charge in [0.05, 0.1) is 13.2 Å². The third kappa shape index (κ3) is 4.24. The van der Waals surface area contributed by atoms with Gasteiger partial charge < -0.3 is 14.0 Å². The normalized spacial score (nSPS) is 15.9. The average Bonchev–Trinajstić information content (AvgIpc) is 3.19. The highest BCUT2D eigenvalue weighted by Gasteiger charge is 2.18. The molecule has 0 aliphatic carbocycles. The third-order valence-electron chi connectivity index (χ3n) is 4.13. The molecule has 0 aromatic carbocycles. The predicted octanol–water partition coefficient (Wildman–Crippen LogP) is 2.50. The molecule has 25 heavy (non-hydrogen) atoms. The summed E-state index contributed by atoms with van der Waals surface area (Å²) in [5.41, 5.74) is 0. The van der Waals surface area contributed by atoms with Crippen LogP contribution in [-0.2, 0) is 35.8 Å². The molecule has 0 spiro atoms. The lowest BCUT2D eigenvalue weighted by atomic mass is 10.2. The molecule has 0 saturated carbocycles. The Morgan fingerprint density at radius 2 is 1.44 bits per heavy atom. The number of ether oxygens (including phenoxy) is 2. The van der Waals surface area contributed by atoms with Crippen molar-refractivity contribution in [2.75, 3.05) is 13.2 Å². The molecule has 0 bridgehead atoms. The molecule has 8 nitrogen and oxygen atoms in total. The van der Waals surface area contributed by atoms with Crippen molar-refractivity contribution in [3.63, 3.8) is 0 Å². The van der Waals surface area contributed by atoms with E-state index in [0.717, 1.165) is 49.5 Å². The second-order valence-corrected chi connectivity index (χ2v) is 6.68. The number of aromatic nitrogens is 6. The Morgan fingerprint density at radius 1 is 0.800 bits per heavy atom. The molecule has 140 valence electrons. The van der Waals surface area contributed by atoms with E-state index in [1.54, 1.807) is 0 Å². The zero-order chi connectivity index (χ0) is 17.1. The molecule has 4 rings (SSSR count). The summed E-state index contributed by atoms with van der Waals surface area (Å²) in [6.45, 7) is 12.2. The summed E-state index contributed by atoms with van der Waals surface area (Å²) in [6, 6.07) is 0. The zero-order valence-electron chi connectivity index (χ0n) is 14.9. The van der Waals surface area contributed by atoms with Gasteiger partial charge >= 0.3 is 0 Å². The van der Waals surface area contributed by atoms with E-state index in [1.807, 2.05) is 0 Å². The van der Waals surface area contributed by atoms with Crippen molar-refractivity contribution >= 4 is 0 Å². The van der Waals surface area contributed by atoms with E-state index in [9.17, 15) is 0 Å². The summed E-state index contributed by atoms with van der Waals surface area (Å²) in [5.74, 6) is 5.00. The smallest absolute Gasteiger partial charge is 0.159 e. The first kappa shape index (κ1) is 19.5. The first-order valence-electron chi connectivity index (χ1n) is 8.57. The number of hydrogen-bond donors (Lipinski definition) is 0. The van der Waals surface area contributed by atoms with Crippen LogP contribution in [0.4, 0.5) is 0 Å². The van der Waals surface area contributed by atoms with Crippen LogP contribution in [0.3, 0.4) is 0 Å². The van der Waals surface area contributed by atoms with Gasteiger partial charge in [0, 0.05) is 24.8 Å². The topological polar surface area (TPSA) is 79.9 Å². The summed E-state index contributed by atoms with van der Waals surface area (Å²) in [6.07, 6.45) is 0.889. The van der Waals surface area contributed by atoms with Crippen LogP contribution in [0.15, 0.2) is 0 Å². The molecule has 0 saturated heterocycles. The molecule has 0 N–H and O–H groups in total. The molecule has 0 atom stereocenters. The molecular weight excluding hydrogens is 320 g/mol. The van der Waals surface area contributed by atoms with Gasteiger partial charge in [-0.05, 0) is 0 Å². The van der Waals surface area contributed by atoms with E-state index in [-0.39, 0.29) is 7.43 Å². The quantitative estimate of drug-likeness (QED) is 0.828. The molecule has 2 aliphatic heterocycles. The number of nitrogens with zero attached hydrogens (tertiary/aromatic N) is 6. The summed E-state index contributed by atoms with van der Waals surface area (Å²) in [4.78, 5) is 0. The molecule has 0 radical (unpaired) electrons. The van der Waals surface area contributed by atoms with E-state index in [0.29, 0.717) is 25.2 Å². The highest BCUT2D eigenvalue weighted by Crippen LogP contribution is 2.17. The molecule has 2 aromatic heterocycles. The number of fused-ring (bicyclic) bond motifs is 2. The van der Waals surface area contributed by atoms with Crippen molar-refractivity contribution in [3.05, 3.63) is 23.3 Å². The van der Waals surface area contributed by atoms with Crippen LogP contribution >= 0.6 is 0 Å². The minimum atomic E-state index is 0. The van der Waals surface area contributed by atoms with Gasteiger partial charge in [-0.2, -0.15) is 0 Å². The van der Waals surface area contributed by atoms with E-state index < -0.39 is 0 Å². The maximum atomic E-state index is 5.33. The molecule has 2 aliphatic rings. The van der Waals surface area contributed by atoms with Gasteiger partial charge in [-0.15, -0.1) is 20.4 Å². The van der Waals surface area contributed by atoms with Gasteiger partial charge in [-0.1, -0.05) is 35.1 Å². The third-order valence-corrected chi connectivity index (χ3v) is 4.13. The van der Waals surface area contributed by atoms with Gasteiger partial charge in [0.1, 0.15) is 30.8 Å². The van der Waals surface area contributed by atoms with Crippen molar-refractivity contribution in [2.45, 2.75) is 73.3 Å². The lowest BCUT2D eigenvalue weighted by molar-refractivity contribution is 0.0533. The predicted molar refractivity (Wildman–Crippen MR) is 94.3 cm³/mol. The maximum absolute atomic E-state index is 5.33. The number of rotatable bonds is 2. The highest BCUT2D eigenvalue weighted by molar-refractivity contribution is 5.01. The molecule has 0 unspecified atom stereocenters. The fourth-order valence-corrected chi connectivity index (χ4v) is 2.87. The van der Waals surface area contributed by atoms with Gasteiger partial charge in [0.15, 0.2) is 5.82 Å². The molecular formula is C17H30N6O2. The van der Waals surface area contributed by atoms with E-state index in [4.69, 9.17) is 9.47 Å². The second kappa shape index (κ2) is 8.53. The van der Waals surface area contributed by atoms with Crippen LogP contribution in [0.1, 0.15) is 70.3 Å². The first-order chi connectivity index (χ1) is 11.6. The van der Waals surface area contributed by atoms with Crippen LogP contribution in [0, 0.1) is 0 Å². The molecule has 0 amide bonds. The van der Waals surface area contributed by atoms with Crippen LogP contribution in [0.25, 0.3) is 0 Å². The highest BCUT2D eigenvalue weighted by atomic mass is 16.5. The second-order valence-electron chi connectivity index (χ2n) is 6.68. The summed E-state index contributed by atoms with van der Waals surface area (Å²) in [5, 5.41) is 16.4. The zero-order valence-corrected chi connectivity index (χ0v) is 14.9. The SMILES string of the molecule is C.CC(C)c1nnc2n1CCOC2.CC(C)c1nnc2n1COCC2. The number of hydrogen-bond acceptors (Lipinski definition) is 6. The summed E-state index contributed by atoms with van der Waals surface area (Å²) in [7, 11) is 0. The average molecular weight is 350 g/mol. The Bertz CT molecular complexity index is 618. The van der Waals surface area contributed by atoms with E-state index >= 15 is 0 Å². The van der Waals surface area contributed by atoms with Gasteiger partial charge in [-0.25, -0.2) is 0 Å². The van der Waals surface area contributed by atoms with Crippen molar-refractivity contribution < 1.29 is 9.47 Å². The molecule has 8 heteroatoms. The largest absolute Gasteiger partial charge is 0.372 e. The van der Waals surface area contributed by atoms with Gasteiger partial charge in [-0.3, -0.25) is 4.57 Å². The molecule has 4 heterocycles. The minimum Gasteiger partial charge on any atom is -0.372 e. The molecule has 0 fully saturated rings. The lowest BCUT2D eigenvalue weighted by Gasteiger charge is -2.16. The fraction of sp³-hybridized carbons (Fsp3) is 0.765. The summed E-state index contributed by atoms with van der Waals surface area (Å²) < 4.78 is 14.8. The standard InChI is InChI=1S/2C8H13N3O.CH4/c1-6(2)8-10-9-7-5-12-4-3-11(7)8;1-6(2)8-10-9-7-3-4-12-5-11(7)8;/h2*6H,3-5H2,1-2H3;1H4. The van der Waals surface area contributed by atoms with Crippen LogP contribution in [-0.4, -0.2) is 42.7 Å². The Hall–Kier alpha value is -1.80. The van der Waals surface area contributed by atoms with Crippen molar-refractivity contribution in [1.29, 1.82) is 0 Å². The summed E-state index contributed by atoms with van der Waals surface area (Å²) >= 11 is 0. The molecule has 2 aromatic rings. The Balaban J connectivity index is 0.000000173. The first-order valence-corrected chi connectivity index (χ1v) is 8.57. The van der Waals surface area contributed by atoms with Crippen molar-refractivity contribution in [1.82, 2.24) is 29.5 Å². The minimum absolute atomic E-state index is 0. The van der Waals surface area contributed by atoms with Gasteiger partial charge in [0.2, 0.25) is 0 Å². The van der Waals surface area contributed by atoms with Crippen LogP contribution < -0.4 is 0 Å². The Kier molecular flexibility index (Phi) is 6.66. The fourth-order valence-electron chi connectivity index (χ4n) is 2.87. The van der Waals surface area contributed by atoms with Crippen molar-refractivity contribution in [3.8, 4) is 0 Å². The maximum Gasteiger partial charge on any atom is 0.159 e. The van der Waals surface area contributed by atoms with E-state index in [2.05, 4.69) is 57.2 Å². The monoisotopic (exact) mass is 350 g/mol. The van der Waals surface area contributed by atoms with Crippen LogP contribution in [0.5, 0.6) is 0 Å². The van der Waals surface area contributed by atoms with Crippen molar-refractivity contribution in [2.24, 2.45) is 0 Å². The van der Waals surface area contributed by atoms with Crippen LogP contribution in [0.2, 0.25) is 0 Å². The Morgan fingerprint density at radius 3 is 2.12 bits per heavy atom. The Labute approximate surface area is 149 Å². The van der Waals surface area contributed by atoms with E-state index in [1.165, 1.54) is 0 Å². The van der Waals surface area contributed by atoms with Gasteiger partial charge in [0.25, 0.3) is 0 Å².